The summed E-state index contributed by atoms with van der Waals surface area (Å²) in [6, 6.07) is 7.54. The fraction of sp³-hybridized carbons (Fsp3) is 0.316. The van der Waals surface area contributed by atoms with Crippen molar-refractivity contribution in [1.29, 1.82) is 0 Å². The molecule has 0 spiro atoms. The average molecular weight is 483 g/mol. The number of alkyl halides is 3. The Morgan fingerprint density at radius 1 is 1.13 bits per heavy atom. The topological polar surface area (TPSA) is 66.5 Å². The van der Waals surface area contributed by atoms with Crippen LogP contribution < -0.4 is 9.62 Å². The van der Waals surface area contributed by atoms with Crippen molar-refractivity contribution in [3.05, 3.63) is 63.6 Å². The van der Waals surface area contributed by atoms with Gasteiger partial charge in [0, 0.05) is 6.54 Å². The van der Waals surface area contributed by atoms with E-state index in [2.05, 4.69) is 5.32 Å². The maximum atomic E-state index is 12.9. The van der Waals surface area contributed by atoms with Crippen LogP contribution in [-0.4, -0.2) is 26.6 Å². The Kier molecular flexibility index (Phi) is 7.65. The smallest absolute Gasteiger partial charge is 0.350 e. The first kappa shape index (κ1) is 24.3. The average Bonchev–Trinajstić information content (AvgIpc) is 2.65. The molecule has 0 bridgehead atoms. The third-order valence-electron chi connectivity index (χ3n) is 4.21. The molecule has 2 aromatic carbocycles. The molecule has 0 aliphatic carbocycles. The van der Waals surface area contributed by atoms with Crippen molar-refractivity contribution >= 4 is 44.8 Å². The summed E-state index contributed by atoms with van der Waals surface area (Å²) in [5, 5.41) is 2.84. The van der Waals surface area contributed by atoms with Crippen molar-refractivity contribution in [2.45, 2.75) is 32.1 Å². The van der Waals surface area contributed by atoms with Crippen LogP contribution in [-0.2, 0) is 27.5 Å². The van der Waals surface area contributed by atoms with Crippen molar-refractivity contribution in [2.75, 3.05) is 10.6 Å². The molecule has 0 radical (unpaired) electrons. The second-order valence-corrected chi connectivity index (χ2v) is 9.17. The largest absolute Gasteiger partial charge is 0.416 e. The second-order valence-electron chi connectivity index (χ2n) is 6.50. The van der Waals surface area contributed by atoms with Crippen LogP contribution in [0.25, 0.3) is 0 Å². The molecule has 30 heavy (non-hydrogen) atoms. The van der Waals surface area contributed by atoms with E-state index in [4.69, 9.17) is 23.2 Å². The number of anilines is 1. The summed E-state index contributed by atoms with van der Waals surface area (Å²) < 4.78 is 64.3. The van der Waals surface area contributed by atoms with Gasteiger partial charge in [0.25, 0.3) is 0 Å². The molecule has 0 aromatic heterocycles. The van der Waals surface area contributed by atoms with Crippen LogP contribution in [0.15, 0.2) is 42.5 Å². The highest BCUT2D eigenvalue weighted by molar-refractivity contribution is 7.92. The monoisotopic (exact) mass is 482 g/mol. The van der Waals surface area contributed by atoms with Crippen molar-refractivity contribution in [2.24, 2.45) is 0 Å². The minimum absolute atomic E-state index is 0.113. The second kappa shape index (κ2) is 9.45. The molecule has 164 valence electrons. The van der Waals surface area contributed by atoms with Gasteiger partial charge < -0.3 is 5.32 Å². The molecule has 0 fully saturated rings. The molecule has 0 aliphatic rings. The molecule has 0 unspecified atom stereocenters. The van der Waals surface area contributed by atoms with E-state index in [-0.39, 0.29) is 34.3 Å². The SMILES string of the molecule is CC[C@H](C(=O)NCc1cccc(C(F)(F)F)c1)N(c1ccc(Cl)c(Cl)c1)S(C)(=O)=O. The Morgan fingerprint density at radius 3 is 2.33 bits per heavy atom. The maximum absolute atomic E-state index is 12.9. The number of amides is 1. The number of sulfonamides is 1. The van der Waals surface area contributed by atoms with Gasteiger partial charge in [0.2, 0.25) is 15.9 Å². The van der Waals surface area contributed by atoms with Gasteiger partial charge in [0.1, 0.15) is 6.04 Å². The van der Waals surface area contributed by atoms with Gasteiger partial charge in [0.15, 0.2) is 0 Å². The lowest BCUT2D eigenvalue weighted by Gasteiger charge is -2.30. The molecular formula is C19H19Cl2F3N2O3S. The van der Waals surface area contributed by atoms with Crippen LogP contribution in [0.2, 0.25) is 10.0 Å². The van der Waals surface area contributed by atoms with Gasteiger partial charge in [0.05, 0.1) is 27.6 Å². The number of hydrogen-bond donors (Lipinski definition) is 1. The predicted octanol–water partition coefficient (Wildman–Crippen LogP) is 4.87. The number of nitrogens with zero attached hydrogens (tertiary/aromatic N) is 1. The summed E-state index contributed by atoms with van der Waals surface area (Å²) in [5.41, 5.74) is -0.462. The molecular weight excluding hydrogens is 464 g/mol. The molecule has 1 amide bonds. The van der Waals surface area contributed by atoms with E-state index in [1.807, 2.05) is 0 Å². The Labute approximate surface area is 182 Å². The molecule has 11 heteroatoms. The number of nitrogens with one attached hydrogen (secondary N) is 1. The van der Waals surface area contributed by atoms with Crippen LogP contribution >= 0.6 is 23.2 Å². The molecule has 0 saturated heterocycles. The number of carbonyl (C=O) groups excluding carboxylic acids is 1. The summed E-state index contributed by atoms with van der Waals surface area (Å²) in [7, 11) is -3.89. The minimum Gasteiger partial charge on any atom is -0.350 e. The van der Waals surface area contributed by atoms with Crippen LogP contribution in [0, 0.1) is 0 Å². The Hall–Kier alpha value is -1.97. The number of hydrogen-bond acceptors (Lipinski definition) is 3. The lowest BCUT2D eigenvalue weighted by atomic mass is 10.1. The molecule has 1 N–H and O–H groups in total. The third-order valence-corrected chi connectivity index (χ3v) is 6.13. The molecule has 1 atom stereocenters. The Morgan fingerprint density at radius 2 is 1.80 bits per heavy atom. The van der Waals surface area contributed by atoms with Gasteiger partial charge in [-0.15, -0.1) is 0 Å². The first-order chi connectivity index (χ1) is 13.8. The molecule has 2 aromatic rings. The first-order valence-electron chi connectivity index (χ1n) is 8.73. The van der Waals surface area contributed by atoms with Crippen LogP contribution in [0.1, 0.15) is 24.5 Å². The lowest BCUT2D eigenvalue weighted by Crippen LogP contribution is -2.49. The summed E-state index contributed by atoms with van der Waals surface area (Å²) in [5.74, 6) is -0.661. The molecule has 0 aliphatic heterocycles. The van der Waals surface area contributed by atoms with E-state index >= 15 is 0 Å². The van der Waals surface area contributed by atoms with Crippen molar-refractivity contribution in [1.82, 2.24) is 5.32 Å². The van der Waals surface area contributed by atoms with E-state index in [1.165, 1.54) is 30.3 Å². The molecule has 5 nitrogen and oxygen atoms in total. The minimum atomic E-state index is -4.51. The highest BCUT2D eigenvalue weighted by atomic mass is 35.5. The zero-order chi connectivity index (χ0) is 22.7. The molecule has 0 heterocycles. The molecule has 2 rings (SSSR count). The van der Waals surface area contributed by atoms with Gasteiger partial charge >= 0.3 is 6.18 Å². The van der Waals surface area contributed by atoms with Gasteiger partial charge in [-0.1, -0.05) is 42.3 Å². The number of rotatable bonds is 7. The number of benzene rings is 2. The number of carbonyl (C=O) groups is 1. The summed E-state index contributed by atoms with van der Waals surface area (Å²) >= 11 is 11.9. The van der Waals surface area contributed by atoms with Crippen LogP contribution in [0.4, 0.5) is 18.9 Å². The highest BCUT2D eigenvalue weighted by Gasteiger charge is 2.32. The zero-order valence-electron chi connectivity index (χ0n) is 16.0. The quantitative estimate of drug-likeness (QED) is 0.611. The van der Waals surface area contributed by atoms with E-state index < -0.39 is 33.7 Å². The van der Waals surface area contributed by atoms with E-state index in [0.717, 1.165) is 22.7 Å². The van der Waals surface area contributed by atoms with E-state index in [1.54, 1.807) is 6.92 Å². The van der Waals surface area contributed by atoms with Crippen molar-refractivity contribution in [3.63, 3.8) is 0 Å². The third kappa shape index (κ3) is 6.02. The van der Waals surface area contributed by atoms with Crippen molar-refractivity contribution in [3.8, 4) is 0 Å². The number of halogens is 5. The molecule has 0 saturated carbocycles. The predicted molar refractivity (Wildman–Crippen MR) is 111 cm³/mol. The summed E-state index contributed by atoms with van der Waals surface area (Å²) in [4.78, 5) is 12.7. The van der Waals surface area contributed by atoms with Gasteiger partial charge in [-0.25, -0.2) is 8.42 Å². The van der Waals surface area contributed by atoms with Gasteiger partial charge in [-0.3, -0.25) is 9.10 Å². The summed E-state index contributed by atoms with van der Waals surface area (Å²) in [6.07, 6.45) is -3.45. The van der Waals surface area contributed by atoms with Gasteiger partial charge in [-0.2, -0.15) is 13.2 Å². The fourth-order valence-electron chi connectivity index (χ4n) is 2.85. The normalized spacial score (nSPS) is 13.0. The van der Waals surface area contributed by atoms with Crippen LogP contribution in [0.5, 0.6) is 0 Å². The van der Waals surface area contributed by atoms with E-state index in [9.17, 15) is 26.4 Å². The van der Waals surface area contributed by atoms with Crippen molar-refractivity contribution < 1.29 is 26.4 Å². The maximum Gasteiger partial charge on any atom is 0.416 e. The first-order valence-corrected chi connectivity index (χ1v) is 11.3. The Bertz CT molecular complexity index is 1030. The van der Waals surface area contributed by atoms with E-state index in [0.29, 0.717) is 0 Å². The lowest BCUT2D eigenvalue weighted by molar-refractivity contribution is -0.137. The highest BCUT2D eigenvalue weighted by Crippen LogP contribution is 2.31. The standard InChI is InChI=1S/C19H19Cl2F3N2O3S/c1-3-17(26(30(2,28)29)14-7-8-15(20)16(21)10-14)18(27)25-11-12-5-4-6-13(9-12)19(22,23)24/h4-10,17H,3,11H2,1-2H3,(H,25,27)/t17-/m1/s1. The Balaban J connectivity index is 2.27. The van der Waals surface area contributed by atoms with Crippen LogP contribution in [0.3, 0.4) is 0 Å². The van der Waals surface area contributed by atoms with Gasteiger partial charge in [-0.05, 0) is 42.3 Å². The summed E-state index contributed by atoms with van der Waals surface area (Å²) in [6.45, 7) is 1.42. The zero-order valence-corrected chi connectivity index (χ0v) is 18.3. The fourth-order valence-corrected chi connectivity index (χ4v) is 4.34.